The van der Waals surface area contributed by atoms with E-state index in [1.54, 1.807) is 6.20 Å². The van der Waals surface area contributed by atoms with Crippen LogP contribution < -0.4 is 5.32 Å². The van der Waals surface area contributed by atoms with Crippen LogP contribution in [0, 0.1) is 0 Å². The number of nitrogens with one attached hydrogen (secondary N) is 1. The molecule has 9 heteroatoms. The molecule has 140 valence electrons. The maximum Gasteiger partial charge on any atom is 0.239 e. The number of aromatic nitrogens is 5. The number of rotatable bonds is 8. The van der Waals surface area contributed by atoms with E-state index in [1.165, 1.54) is 23.1 Å². The van der Waals surface area contributed by atoms with Crippen molar-refractivity contribution in [2.75, 3.05) is 5.32 Å². The summed E-state index contributed by atoms with van der Waals surface area (Å²) >= 11 is 2.71. The van der Waals surface area contributed by atoms with Gasteiger partial charge in [-0.05, 0) is 12.8 Å². The van der Waals surface area contributed by atoms with Crippen molar-refractivity contribution in [1.82, 2.24) is 25.4 Å². The highest BCUT2D eigenvalue weighted by Crippen LogP contribution is 2.25. The first kappa shape index (κ1) is 19.4. The lowest BCUT2D eigenvalue weighted by atomic mass is 10.2. The Bertz CT molecular complexity index is 869. The smallest absolute Gasteiger partial charge is 0.239 e. The molecule has 0 saturated carbocycles. The number of carbonyl (C=O) groups is 1. The van der Waals surface area contributed by atoms with Crippen molar-refractivity contribution in [1.29, 1.82) is 0 Å². The van der Waals surface area contributed by atoms with E-state index < -0.39 is 0 Å². The number of hydrogen-bond donors (Lipinski definition) is 1. The second-order valence-electron chi connectivity index (χ2n) is 5.75. The molecule has 3 rings (SSSR count). The number of nitrogens with zero attached hydrogens (tertiary/aromatic N) is 5. The first-order valence-electron chi connectivity index (χ1n) is 8.74. The highest BCUT2D eigenvalue weighted by Gasteiger charge is 2.21. The summed E-state index contributed by atoms with van der Waals surface area (Å²) in [7, 11) is 0. The highest BCUT2D eigenvalue weighted by molar-refractivity contribution is 8.00. The molecule has 0 aliphatic carbocycles. The number of anilines is 1. The summed E-state index contributed by atoms with van der Waals surface area (Å²) in [5, 5.41) is 20.9. The zero-order valence-electron chi connectivity index (χ0n) is 15.1. The number of benzene rings is 1. The number of hydrogen-bond acceptors (Lipinski definition) is 8. The van der Waals surface area contributed by atoms with Gasteiger partial charge >= 0.3 is 0 Å². The van der Waals surface area contributed by atoms with Crippen molar-refractivity contribution in [2.24, 2.45) is 0 Å². The Balaban J connectivity index is 1.62. The summed E-state index contributed by atoms with van der Waals surface area (Å²) in [5.74, 6) is -0.127. The highest BCUT2D eigenvalue weighted by atomic mass is 32.2. The summed E-state index contributed by atoms with van der Waals surface area (Å²) < 4.78 is 0. The van der Waals surface area contributed by atoms with E-state index in [-0.39, 0.29) is 11.2 Å². The molecule has 0 radical (unpaired) electrons. The molecule has 2 heterocycles. The van der Waals surface area contributed by atoms with E-state index in [9.17, 15) is 4.79 Å². The molecule has 0 bridgehead atoms. The molecule has 0 aliphatic heterocycles. The molecule has 7 nitrogen and oxygen atoms in total. The van der Waals surface area contributed by atoms with Crippen molar-refractivity contribution >= 4 is 34.1 Å². The van der Waals surface area contributed by atoms with Crippen molar-refractivity contribution < 1.29 is 4.79 Å². The number of carbonyl (C=O) groups excluding carboxylic acids is 1. The zero-order chi connectivity index (χ0) is 19.1. The van der Waals surface area contributed by atoms with E-state index in [2.05, 4.69) is 37.6 Å². The second kappa shape index (κ2) is 9.52. The molecule has 3 aromatic rings. The third-order valence-corrected chi connectivity index (χ3v) is 5.81. The minimum absolute atomic E-state index is 0.127. The Labute approximate surface area is 166 Å². The first-order chi connectivity index (χ1) is 13.2. The molecule has 1 unspecified atom stereocenters. The van der Waals surface area contributed by atoms with Crippen molar-refractivity contribution in [3.63, 3.8) is 0 Å². The van der Waals surface area contributed by atoms with E-state index >= 15 is 0 Å². The van der Waals surface area contributed by atoms with E-state index in [4.69, 9.17) is 0 Å². The van der Waals surface area contributed by atoms with Gasteiger partial charge < -0.3 is 0 Å². The molecule has 0 saturated heterocycles. The van der Waals surface area contributed by atoms with E-state index in [1.807, 2.05) is 37.3 Å². The summed E-state index contributed by atoms with van der Waals surface area (Å²) in [6.45, 7) is 4.03. The molecule has 0 fully saturated rings. The average Bonchev–Trinajstić information content (AvgIpc) is 3.14. The van der Waals surface area contributed by atoms with Gasteiger partial charge in [-0.2, -0.15) is 0 Å². The summed E-state index contributed by atoms with van der Waals surface area (Å²) in [4.78, 5) is 16.9. The maximum absolute atomic E-state index is 12.5. The second-order valence-corrected chi connectivity index (χ2v) is 7.98. The topological polar surface area (TPSA) is 93.6 Å². The predicted molar refractivity (Wildman–Crippen MR) is 108 cm³/mol. The monoisotopic (exact) mass is 400 g/mol. The van der Waals surface area contributed by atoms with Gasteiger partial charge in [0.1, 0.15) is 10.7 Å². The lowest BCUT2D eigenvalue weighted by Gasteiger charge is -2.11. The SMILES string of the molecule is CCCc1nnc(NC(=O)C(CC)Sc2ncc(-c3ccccc3)nn2)s1. The van der Waals surface area contributed by atoms with E-state index in [0.29, 0.717) is 22.4 Å². The van der Waals surface area contributed by atoms with Crippen LogP contribution in [0.25, 0.3) is 11.3 Å². The molecule has 1 aromatic carbocycles. The molecular weight excluding hydrogens is 380 g/mol. The normalized spacial score (nSPS) is 11.9. The minimum Gasteiger partial charge on any atom is -0.300 e. The third kappa shape index (κ3) is 5.30. The third-order valence-electron chi connectivity index (χ3n) is 3.68. The van der Waals surface area contributed by atoms with Crippen LogP contribution in [0.3, 0.4) is 0 Å². The Morgan fingerprint density at radius 2 is 1.96 bits per heavy atom. The molecular formula is C18H20N6OS2. The van der Waals surface area contributed by atoms with Crippen LogP contribution in [0.4, 0.5) is 5.13 Å². The van der Waals surface area contributed by atoms with Crippen molar-refractivity contribution in [3.8, 4) is 11.3 Å². The molecule has 1 N–H and O–H groups in total. The van der Waals surface area contributed by atoms with Gasteiger partial charge in [0.25, 0.3) is 0 Å². The first-order valence-corrected chi connectivity index (χ1v) is 10.4. The Morgan fingerprint density at radius 1 is 1.15 bits per heavy atom. The van der Waals surface area contributed by atoms with Crippen LogP contribution >= 0.6 is 23.1 Å². The Hall–Kier alpha value is -2.39. The Kier molecular flexibility index (Phi) is 6.83. The van der Waals surface area contributed by atoms with Gasteiger partial charge in [0.15, 0.2) is 0 Å². The van der Waals surface area contributed by atoms with Gasteiger partial charge in [-0.1, -0.05) is 67.3 Å². The summed E-state index contributed by atoms with van der Waals surface area (Å²) in [5.41, 5.74) is 1.66. The average molecular weight is 401 g/mol. The largest absolute Gasteiger partial charge is 0.300 e. The van der Waals surface area contributed by atoms with Crippen LogP contribution in [0.5, 0.6) is 0 Å². The van der Waals surface area contributed by atoms with Crippen LogP contribution in [0.1, 0.15) is 31.7 Å². The fourth-order valence-corrected chi connectivity index (χ4v) is 3.95. The molecule has 0 aliphatic rings. The van der Waals surface area contributed by atoms with Crippen molar-refractivity contribution in [3.05, 3.63) is 41.5 Å². The molecule has 1 amide bonds. The molecule has 1 atom stereocenters. The minimum atomic E-state index is -0.326. The van der Waals surface area contributed by atoms with Gasteiger partial charge in [-0.25, -0.2) is 4.98 Å². The van der Waals surface area contributed by atoms with Gasteiger partial charge in [0.2, 0.25) is 16.2 Å². The van der Waals surface area contributed by atoms with Crippen molar-refractivity contribution in [2.45, 2.75) is 43.5 Å². The lowest BCUT2D eigenvalue weighted by Crippen LogP contribution is -2.24. The quantitative estimate of drug-likeness (QED) is 0.574. The zero-order valence-corrected chi connectivity index (χ0v) is 16.8. The summed E-state index contributed by atoms with van der Waals surface area (Å²) in [6.07, 6.45) is 4.18. The number of thioether (sulfide) groups is 1. The van der Waals surface area contributed by atoms with E-state index in [0.717, 1.165) is 23.4 Å². The van der Waals surface area contributed by atoms with Crippen LogP contribution in [-0.2, 0) is 11.2 Å². The fraction of sp³-hybridized carbons (Fsp3) is 0.333. The van der Waals surface area contributed by atoms with Crippen LogP contribution in [-0.4, -0.2) is 36.5 Å². The predicted octanol–water partition coefficient (Wildman–Crippen LogP) is 3.85. The van der Waals surface area contributed by atoms with Gasteiger partial charge in [0, 0.05) is 12.0 Å². The van der Waals surface area contributed by atoms with Crippen LogP contribution in [0.2, 0.25) is 0 Å². The molecule has 2 aromatic heterocycles. The maximum atomic E-state index is 12.5. The summed E-state index contributed by atoms with van der Waals surface area (Å²) in [6, 6.07) is 9.74. The Morgan fingerprint density at radius 3 is 2.63 bits per heavy atom. The molecule has 27 heavy (non-hydrogen) atoms. The van der Waals surface area contributed by atoms with Crippen LogP contribution in [0.15, 0.2) is 41.7 Å². The fourth-order valence-electron chi connectivity index (χ4n) is 2.31. The molecule has 0 spiro atoms. The van der Waals surface area contributed by atoms with Gasteiger partial charge in [-0.15, -0.1) is 20.4 Å². The lowest BCUT2D eigenvalue weighted by molar-refractivity contribution is -0.115. The standard InChI is InChI=1S/C18H20N6OS2/c1-3-8-15-22-24-18(27-15)20-16(25)14(4-2)26-17-19-11-13(21-23-17)12-9-6-5-7-10-12/h5-7,9-11,14H,3-4,8H2,1-2H3,(H,20,24,25). The number of aryl methyl sites for hydroxylation is 1. The number of amides is 1. The van der Waals surface area contributed by atoms with Gasteiger partial charge in [0.05, 0.1) is 11.4 Å². The van der Waals surface area contributed by atoms with Gasteiger partial charge in [-0.3, -0.25) is 10.1 Å².